The van der Waals surface area contributed by atoms with E-state index in [1.165, 1.54) is 5.56 Å². The average Bonchev–Trinajstić information content (AvgIpc) is 2.39. The Hall–Kier alpha value is -1.35. The van der Waals surface area contributed by atoms with E-state index in [2.05, 4.69) is 19.1 Å². The summed E-state index contributed by atoms with van der Waals surface area (Å²) in [5.74, 6) is -0.222. The van der Waals surface area contributed by atoms with Crippen molar-refractivity contribution >= 4 is 11.6 Å². The molecule has 106 valence electrons. The van der Waals surface area contributed by atoms with Gasteiger partial charge in [0.25, 0.3) is 0 Å². The Morgan fingerprint density at radius 2 is 1.84 bits per heavy atom. The Bertz CT molecular complexity index is 398. The zero-order chi connectivity index (χ0) is 14.4. The number of aliphatic hydroxyl groups is 1. The number of rotatable bonds is 6. The van der Waals surface area contributed by atoms with Gasteiger partial charge >= 0.3 is 0 Å². The number of carbonyl (C=O) groups excluding carboxylic acids is 1. The molecular formula is C16H25NO2. The summed E-state index contributed by atoms with van der Waals surface area (Å²) in [5, 5.41) is 9.33. The van der Waals surface area contributed by atoms with Crippen LogP contribution in [0, 0.1) is 11.8 Å². The summed E-state index contributed by atoms with van der Waals surface area (Å²) in [4.78, 5) is 13.9. The van der Waals surface area contributed by atoms with Gasteiger partial charge < -0.3 is 10.0 Å². The monoisotopic (exact) mass is 263 g/mol. The molecule has 0 bridgehead atoms. The van der Waals surface area contributed by atoms with Crippen LogP contribution >= 0.6 is 0 Å². The van der Waals surface area contributed by atoms with Crippen LogP contribution in [-0.4, -0.2) is 24.7 Å². The first kappa shape index (κ1) is 15.7. The number of nitrogens with zero attached hydrogens (tertiary/aromatic N) is 1. The van der Waals surface area contributed by atoms with E-state index in [4.69, 9.17) is 0 Å². The zero-order valence-corrected chi connectivity index (χ0v) is 12.4. The molecule has 3 heteroatoms. The summed E-state index contributed by atoms with van der Waals surface area (Å²) in [5.41, 5.74) is 2.17. The molecule has 1 unspecified atom stereocenters. The molecular weight excluding hydrogens is 238 g/mol. The lowest BCUT2D eigenvalue weighted by molar-refractivity contribution is -0.124. The molecule has 3 nitrogen and oxygen atoms in total. The van der Waals surface area contributed by atoms with Crippen molar-refractivity contribution in [3.63, 3.8) is 0 Å². The molecule has 19 heavy (non-hydrogen) atoms. The highest BCUT2D eigenvalue weighted by atomic mass is 16.3. The molecule has 0 aliphatic carbocycles. The molecule has 0 saturated carbocycles. The van der Waals surface area contributed by atoms with Crippen molar-refractivity contribution in [2.75, 3.05) is 18.6 Å². The largest absolute Gasteiger partial charge is 0.396 e. The van der Waals surface area contributed by atoms with Crippen LogP contribution in [0.15, 0.2) is 24.3 Å². The fourth-order valence-corrected chi connectivity index (χ4v) is 2.12. The van der Waals surface area contributed by atoms with Gasteiger partial charge in [0.2, 0.25) is 5.91 Å². The summed E-state index contributed by atoms with van der Waals surface area (Å²) in [7, 11) is 1.77. The summed E-state index contributed by atoms with van der Waals surface area (Å²) >= 11 is 0. The lowest BCUT2D eigenvalue weighted by Crippen LogP contribution is -2.37. The fourth-order valence-electron chi connectivity index (χ4n) is 2.12. The second-order valence-electron chi connectivity index (χ2n) is 5.35. The first-order chi connectivity index (χ1) is 9.01. The molecule has 0 fully saturated rings. The van der Waals surface area contributed by atoms with E-state index >= 15 is 0 Å². The number of hydrogen-bond donors (Lipinski definition) is 1. The van der Waals surface area contributed by atoms with Gasteiger partial charge in [-0.1, -0.05) is 39.3 Å². The predicted octanol–water partition coefficient (Wildman–Crippen LogP) is 2.87. The minimum atomic E-state index is -0.333. The number of amides is 1. The van der Waals surface area contributed by atoms with Gasteiger partial charge in [0.15, 0.2) is 0 Å². The molecule has 1 N–H and O–H groups in total. The van der Waals surface area contributed by atoms with Crippen LogP contribution < -0.4 is 4.90 Å². The molecule has 1 rings (SSSR count). The Morgan fingerprint density at radius 3 is 2.26 bits per heavy atom. The van der Waals surface area contributed by atoms with Gasteiger partial charge in [0.1, 0.15) is 0 Å². The molecule has 0 spiro atoms. The van der Waals surface area contributed by atoms with Gasteiger partial charge in [0.05, 0.1) is 12.5 Å². The minimum Gasteiger partial charge on any atom is -0.396 e. The van der Waals surface area contributed by atoms with Crippen LogP contribution in [0.25, 0.3) is 0 Å². The summed E-state index contributed by atoms with van der Waals surface area (Å²) in [6.45, 7) is 5.96. The molecule has 1 aromatic carbocycles. The number of aliphatic hydroxyl groups excluding tert-OH is 1. The van der Waals surface area contributed by atoms with Crippen molar-refractivity contribution in [3.05, 3.63) is 29.8 Å². The van der Waals surface area contributed by atoms with Gasteiger partial charge in [-0.15, -0.1) is 0 Å². The zero-order valence-electron chi connectivity index (χ0n) is 12.4. The Balaban J connectivity index is 2.81. The normalized spacial score (nSPS) is 12.5. The average molecular weight is 263 g/mol. The second kappa shape index (κ2) is 7.29. The van der Waals surface area contributed by atoms with Gasteiger partial charge in [-0.3, -0.25) is 4.79 Å². The van der Waals surface area contributed by atoms with Crippen LogP contribution in [0.3, 0.4) is 0 Å². The third-order valence-corrected chi connectivity index (χ3v) is 3.51. The highest BCUT2D eigenvalue weighted by molar-refractivity contribution is 5.94. The van der Waals surface area contributed by atoms with Crippen LogP contribution in [0.1, 0.15) is 32.8 Å². The van der Waals surface area contributed by atoms with E-state index in [0.29, 0.717) is 0 Å². The lowest BCUT2D eigenvalue weighted by Gasteiger charge is -2.25. The summed E-state index contributed by atoms with van der Waals surface area (Å²) < 4.78 is 0. The van der Waals surface area contributed by atoms with Crippen LogP contribution in [-0.2, 0) is 11.2 Å². The molecule has 0 aliphatic rings. The van der Waals surface area contributed by atoms with E-state index in [1.54, 1.807) is 11.9 Å². The van der Waals surface area contributed by atoms with E-state index < -0.39 is 0 Å². The number of aryl methyl sites for hydroxylation is 1. The summed E-state index contributed by atoms with van der Waals surface area (Å²) in [6, 6.07) is 8.06. The highest BCUT2D eigenvalue weighted by Gasteiger charge is 2.25. The smallest absolute Gasteiger partial charge is 0.232 e. The molecule has 1 atom stereocenters. The van der Waals surface area contributed by atoms with Gasteiger partial charge in [0, 0.05) is 12.7 Å². The van der Waals surface area contributed by atoms with Crippen molar-refractivity contribution in [2.45, 2.75) is 33.6 Å². The first-order valence-corrected chi connectivity index (χ1v) is 6.98. The van der Waals surface area contributed by atoms with Crippen molar-refractivity contribution < 1.29 is 9.90 Å². The topological polar surface area (TPSA) is 40.5 Å². The standard InChI is InChI=1S/C16H25NO2/c1-5-6-13-7-9-14(10-8-13)17(4)16(19)15(11-18)12(2)3/h7-10,12,15,18H,5-6,11H2,1-4H3. The van der Waals surface area contributed by atoms with Crippen LogP contribution in [0.2, 0.25) is 0 Å². The molecule has 0 saturated heterocycles. The molecule has 0 radical (unpaired) electrons. The van der Waals surface area contributed by atoms with Crippen molar-refractivity contribution in [3.8, 4) is 0 Å². The third kappa shape index (κ3) is 4.06. The van der Waals surface area contributed by atoms with Crippen molar-refractivity contribution in [1.82, 2.24) is 0 Å². The third-order valence-electron chi connectivity index (χ3n) is 3.51. The van der Waals surface area contributed by atoms with E-state index in [-0.39, 0.29) is 24.3 Å². The number of anilines is 1. The second-order valence-corrected chi connectivity index (χ2v) is 5.35. The van der Waals surface area contributed by atoms with Crippen molar-refractivity contribution in [2.24, 2.45) is 11.8 Å². The lowest BCUT2D eigenvalue weighted by atomic mass is 9.95. The quantitative estimate of drug-likeness (QED) is 0.857. The Kier molecular flexibility index (Phi) is 6.03. The Labute approximate surface area is 116 Å². The van der Waals surface area contributed by atoms with E-state index in [1.807, 2.05) is 26.0 Å². The maximum Gasteiger partial charge on any atom is 0.232 e. The molecule has 0 aromatic heterocycles. The minimum absolute atomic E-state index is 0.0271. The van der Waals surface area contributed by atoms with Crippen molar-refractivity contribution in [1.29, 1.82) is 0 Å². The summed E-state index contributed by atoms with van der Waals surface area (Å²) in [6.07, 6.45) is 2.18. The fraction of sp³-hybridized carbons (Fsp3) is 0.562. The first-order valence-electron chi connectivity index (χ1n) is 6.98. The molecule has 1 amide bonds. The maximum absolute atomic E-state index is 12.3. The van der Waals surface area contributed by atoms with E-state index in [0.717, 1.165) is 18.5 Å². The van der Waals surface area contributed by atoms with Crippen LogP contribution in [0.5, 0.6) is 0 Å². The molecule has 0 heterocycles. The predicted molar refractivity (Wildman–Crippen MR) is 79.3 cm³/mol. The number of hydrogen-bond acceptors (Lipinski definition) is 2. The maximum atomic E-state index is 12.3. The number of benzene rings is 1. The van der Waals surface area contributed by atoms with Crippen LogP contribution in [0.4, 0.5) is 5.69 Å². The SMILES string of the molecule is CCCc1ccc(N(C)C(=O)C(CO)C(C)C)cc1. The van der Waals surface area contributed by atoms with Gasteiger partial charge in [-0.25, -0.2) is 0 Å². The number of carbonyl (C=O) groups is 1. The molecule has 0 aliphatic heterocycles. The van der Waals surface area contributed by atoms with Gasteiger partial charge in [-0.05, 0) is 30.0 Å². The highest BCUT2D eigenvalue weighted by Crippen LogP contribution is 2.20. The Morgan fingerprint density at radius 1 is 1.26 bits per heavy atom. The van der Waals surface area contributed by atoms with Gasteiger partial charge in [-0.2, -0.15) is 0 Å². The van der Waals surface area contributed by atoms with E-state index in [9.17, 15) is 9.90 Å². The molecule has 1 aromatic rings.